The van der Waals surface area contributed by atoms with Crippen molar-refractivity contribution in [2.75, 3.05) is 44.7 Å². The van der Waals surface area contributed by atoms with Crippen molar-refractivity contribution in [1.29, 1.82) is 0 Å². The van der Waals surface area contributed by atoms with Crippen molar-refractivity contribution in [3.63, 3.8) is 0 Å². The molecule has 2 aromatic carbocycles. The number of carbonyl (C=O) groups is 1. The molecule has 1 saturated heterocycles. The van der Waals surface area contributed by atoms with Crippen LogP contribution in [0.3, 0.4) is 0 Å². The maximum absolute atomic E-state index is 15.0. The van der Waals surface area contributed by atoms with Gasteiger partial charge in [-0.05, 0) is 26.1 Å². The topological polar surface area (TPSA) is 157 Å². The van der Waals surface area contributed by atoms with Gasteiger partial charge in [-0.25, -0.2) is 37.3 Å². The Hall–Kier alpha value is -5.29. The van der Waals surface area contributed by atoms with E-state index >= 15 is 0 Å². The zero-order chi connectivity index (χ0) is 34.2. The molecule has 5 aromatic rings. The van der Waals surface area contributed by atoms with E-state index in [2.05, 4.69) is 25.1 Å². The van der Waals surface area contributed by atoms with Crippen molar-refractivity contribution in [2.24, 2.45) is 0 Å². The molecule has 7 rings (SSSR count). The van der Waals surface area contributed by atoms with E-state index < -0.39 is 34.5 Å². The molecule has 0 amide bonds. The number of benzene rings is 2. The number of ether oxygens (including phenoxy) is 1. The predicted octanol–water partition coefficient (Wildman–Crippen LogP) is 2.28. The number of rotatable bonds is 7. The maximum atomic E-state index is 15.0. The maximum Gasteiger partial charge on any atom is 0.341 e. The number of hydrogen-bond donors (Lipinski definition) is 2. The van der Waals surface area contributed by atoms with Crippen LogP contribution in [0.2, 0.25) is 0 Å². The third-order valence-corrected chi connectivity index (χ3v) is 8.40. The van der Waals surface area contributed by atoms with E-state index in [1.54, 1.807) is 4.57 Å². The smallest absolute Gasteiger partial charge is 0.341 e. The quantitative estimate of drug-likeness (QED) is 0.263. The minimum atomic E-state index is -1.70. The molecule has 48 heavy (non-hydrogen) atoms. The highest BCUT2D eigenvalue weighted by atomic mass is 19.1. The lowest BCUT2D eigenvalue weighted by Crippen LogP contribution is -2.45. The van der Waals surface area contributed by atoms with Gasteiger partial charge in [0.1, 0.15) is 60.4 Å². The Morgan fingerprint density at radius 2 is 1.65 bits per heavy atom. The van der Waals surface area contributed by atoms with Crippen LogP contribution in [-0.4, -0.2) is 95.0 Å². The number of aliphatic hydroxyl groups is 1. The first-order valence-electron chi connectivity index (χ1n) is 15.0. The van der Waals surface area contributed by atoms with Gasteiger partial charge in [0.15, 0.2) is 11.6 Å². The average Bonchev–Trinajstić information content (AvgIpc) is 3.75. The van der Waals surface area contributed by atoms with Gasteiger partial charge >= 0.3 is 5.97 Å². The number of anilines is 1. The highest BCUT2D eigenvalue weighted by Crippen LogP contribution is 2.42. The Morgan fingerprint density at radius 1 is 1.00 bits per heavy atom. The zero-order valence-electron chi connectivity index (χ0n) is 26.0. The molecule has 17 heteroatoms. The van der Waals surface area contributed by atoms with Crippen LogP contribution in [0, 0.1) is 17.5 Å². The van der Waals surface area contributed by atoms with Crippen molar-refractivity contribution < 1.29 is 32.9 Å². The monoisotopic (exact) mass is 667 g/mol. The van der Waals surface area contributed by atoms with Crippen LogP contribution in [0.25, 0.3) is 10.9 Å². The normalized spacial score (nSPS) is 16.4. The third kappa shape index (κ3) is 6.33. The van der Waals surface area contributed by atoms with E-state index in [1.165, 1.54) is 46.9 Å². The van der Waals surface area contributed by atoms with Crippen LogP contribution in [0.5, 0.6) is 5.75 Å². The van der Waals surface area contributed by atoms with Gasteiger partial charge < -0.3 is 29.3 Å². The molecule has 1 fully saturated rings. The number of aromatic nitrogens is 7. The molecule has 1 atom stereocenters. The first kappa shape index (κ1) is 32.6. The number of carboxylic acids is 1. The van der Waals surface area contributed by atoms with Crippen LogP contribution in [0.1, 0.15) is 28.9 Å². The summed E-state index contributed by atoms with van der Waals surface area (Å²) in [6.07, 6.45) is 6.74. The first-order valence-corrected chi connectivity index (χ1v) is 15.0. The van der Waals surface area contributed by atoms with Crippen molar-refractivity contribution in [1.82, 2.24) is 39.0 Å². The Bertz CT molecular complexity index is 1960. The van der Waals surface area contributed by atoms with Gasteiger partial charge in [-0.1, -0.05) is 6.07 Å². The standard InChI is InChI=1S/C18H20FN3O4.C13H12F2N6O/c1-10-9-26-17-14-11(16(23)12(18(24)25)8-22(10)14)7-13(19)15(17)21-5-3-20(2)4-6-21;14-10-1-2-11(12(15)3-10)13(22,4-20-8-16-6-18-20)5-21-9-17-7-19-21/h7-8,10H,3-6,9H2,1-2H3,(H,24,25);1-3,6-9,22H,4-5H2. The Kier molecular flexibility index (Phi) is 8.89. The predicted molar refractivity (Wildman–Crippen MR) is 165 cm³/mol. The molecule has 252 valence electrons. The van der Waals surface area contributed by atoms with E-state index in [9.17, 15) is 33.0 Å². The van der Waals surface area contributed by atoms with E-state index in [1.807, 2.05) is 18.9 Å². The molecule has 0 radical (unpaired) electrons. The second kappa shape index (κ2) is 13.1. The summed E-state index contributed by atoms with van der Waals surface area (Å²) in [5.41, 5.74) is -1.97. The summed E-state index contributed by atoms with van der Waals surface area (Å²) in [6.45, 7) is 4.93. The second-order valence-electron chi connectivity index (χ2n) is 11.8. The van der Waals surface area contributed by atoms with Crippen molar-refractivity contribution in [3.8, 4) is 5.75 Å². The number of nitrogens with zero attached hydrogens (tertiary/aromatic N) is 9. The summed E-state index contributed by atoms with van der Waals surface area (Å²) < 4.78 is 52.5. The number of pyridine rings is 1. The largest absolute Gasteiger partial charge is 0.487 e. The fraction of sp³-hybridized carbons (Fsp3) is 0.355. The van der Waals surface area contributed by atoms with Crippen molar-refractivity contribution in [3.05, 3.63) is 94.6 Å². The molecule has 5 heterocycles. The lowest BCUT2D eigenvalue weighted by Gasteiger charge is -2.37. The molecule has 2 N–H and O–H groups in total. The highest BCUT2D eigenvalue weighted by molar-refractivity contribution is 5.97. The lowest BCUT2D eigenvalue weighted by atomic mass is 9.93. The molecule has 0 aliphatic carbocycles. The van der Waals surface area contributed by atoms with Gasteiger partial charge in [0.2, 0.25) is 5.43 Å². The number of aromatic carboxylic acids is 1. The van der Waals surface area contributed by atoms with Crippen molar-refractivity contribution >= 4 is 22.6 Å². The Labute approximate surface area is 271 Å². The summed E-state index contributed by atoms with van der Waals surface area (Å²) in [4.78, 5) is 35.7. The summed E-state index contributed by atoms with van der Waals surface area (Å²) in [5, 5.41) is 28.1. The van der Waals surface area contributed by atoms with E-state index in [0.717, 1.165) is 31.3 Å². The van der Waals surface area contributed by atoms with Gasteiger partial charge in [-0.2, -0.15) is 10.2 Å². The molecule has 1 unspecified atom stereocenters. The lowest BCUT2D eigenvalue weighted by molar-refractivity contribution is -0.00856. The fourth-order valence-electron chi connectivity index (χ4n) is 5.94. The van der Waals surface area contributed by atoms with Crippen LogP contribution in [0.15, 0.2) is 60.6 Å². The molecule has 0 bridgehead atoms. The Balaban J connectivity index is 0.000000170. The number of carboxylic acid groups (broad SMARTS) is 1. The summed E-state index contributed by atoms with van der Waals surface area (Å²) in [6, 6.07) is 4.02. The molecular weight excluding hydrogens is 635 g/mol. The molecule has 14 nitrogen and oxygen atoms in total. The molecule has 0 spiro atoms. The number of likely N-dealkylation sites (N-methyl/N-ethyl adjacent to an activating group) is 1. The van der Waals surface area contributed by atoms with Gasteiger partial charge in [-0.15, -0.1) is 0 Å². The fourth-order valence-corrected chi connectivity index (χ4v) is 5.94. The van der Waals surface area contributed by atoms with E-state index in [4.69, 9.17) is 4.74 Å². The minimum Gasteiger partial charge on any atom is -0.487 e. The summed E-state index contributed by atoms with van der Waals surface area (Å²) in [7, 11) is 2.02. The summed E-state index contributed by atoms with van der Waals surface area (Å²) >= 11 is 0. The number of halogens is 3. The van der Waals surface area contributed by atoms with Crippen molar-refractivity contribution in [2.45, 2.75) is 31.7 Å². The Morgan fingerprint density at radius 3 is 2.21 bits per heavy atom. The first-order chi connectivity index (χ1) is 22.9. The SMILES string of the molecule is CC1COc2c(N3CCN(C)CC3)c(F)cc3c(=O)c(C(=O)O)cn1c23.OC(Cn1cncn1)(Cn1cncn1)c1ccc(F)cc1F. The van der Waals surface area contributed by atoms with Gasteiger partial charge in [0, 0.05) is 44.0 Å². The zero-order valence-corrected chi connectivity index (χ0v) is 26.0. The third-order valence-electron chi connectivity index (χ3n) is 8.40. The average molecular weight is 668 g/mol. The van der Waals surface area contributed by atoms with E-state index in [-0.39, 0.29) is 42.3 Å². The molecule has 2 aliphatic heterocycles. The van der Waals surface area contributed by atoms with Crippen LogP contribution < -0.4 is 15.1 Å². The number of hydrogen-bond acceptors (Lipinski definition) is 10. The molecule has 2 aliphatic rings. The van der Waals surface area contributed by atoms with E-state index in [0.29, 0.717) is 30.0 Å². The molecular formula is C31H32F3N9O5. The molecule has 0 saturated carbocycles. The van der Waals surface area contributed by atoms with Gasteiger partial charge in [-0.3, -0.25) is 4.79 Å². The van der Waals surface area contributed by atoms with Crippen LogP contribution in [0.4, 0.5) is 18.9 Å². The van der Waals surface area contributed by atoms with Gasteiger partial charge in [0.25, 0.3) is 0 Å². The number of piperazine rings is 1. The second-order valence-corrected chi connectivity index (χ2v) is 11.8. The minimum absolute atomic E-state index is 0.0434. The van der Waals surface area contributed by atoms with Gasteiger partial charge in [0.05, 0.1) is 30.0 Å². The highest BCUT2D eigenvalue weighted by Gasteiger charge is 2.35. The molecule has 3 aromatic heterocycles. The summed E-state index contributed by atoms with van der Waals surface area (Å²) in [5.74, 6) is -3.10. The van der Waals surface area contributed by atoms with Crippen LogP contribution >= 0.6 is 0 Å². The van der Waals surface area contributed by atoms with Crippen LogP contribution in [-0.2, 0) is 18.7 Å².